The highest BCUT2D eigenvalue weighted by Gasteiger charge is 2.08. The van der Waals surface area contributed by atoms with E-state index < -0.39 is 0 Å². The molecule has 94 valence electrons. The summed E-state index contributed by atoms with van der Waals surface area (Å²) in [6.45, 7) is 3.90. The Morgan fingerprint density at radius 1 is 1.53 bits per heavy atom. The van der Waals surface area contributed by atoms with E-state index in [4.69, 9.17) is 5.11 Å². The normalized spacial score (nSPS) is 12.0. The van der Waals surface area contributed by atoms with Gasteiger partial charge in [-0.2, -0.15) is 0 Å². The van der Waals surface area contributed by atoms with Gasteiger partial charge in [0.25, 0.3) is 0 Å². The Balaban J connectivity index is 2.56. The molecule has 0 bridgehead atoms. The number of aryl methyl sites for hydroxylation is 1. The molecule has 0 spiro atoms. The van der Waals surface area contributed by atoms with Crippen molar-refractivity contribution >= 4 is 27.6 Å². The summed E-state index contributed by atoms with van der Waals surface area (Å²) in [5, 5.41) is 14.2. The average molecular weight is 301 g/mol. The molecule has 0 aliphatic carbocycles. The topological polar surface area (TPSA) is 61.4 Å². The van der Waals surface area contributed by atoms with Crippen LogP contribution in [0.5, 0.6) is 0 Å². The van der Waals surface area contributed by atoms with Gasteiger partial charge < -0.3 is 15.7 Å². The van der Waals surface area contributed by atoms with Crippen LogP contribution in [-0.2, 0) is 0 Å². The second-order valence-electron chi connectivity index (χ2n) is 4.00. The number of aliphatic hydroxyl groups is 1. The van der Waals surface area contributed by atoms with Gasteiger partial charge in [-0.1, -0.05) is 6.07 Å². The van der Waals surface area contributed by atoms with Crippen molar-refractivity contribution in [2.75, 3.05) is 11.9 Å². The molecule has 0 unspecified atom stereocenters. The second-order valence-corrected chi connectivity index (χ2v) is 4.85. The number of benzene rings is 1. The minimum Gasteiger partial charge on any atom is -0.396 e. The molecule has 1 aromatic rings. The molecule has 0 aromatic heterocycles. The number of amides is 2. The number of urea groups is 1. The fourth-order valence-corrected chi connectivity index (χ4v) is 1.96. The third kappa shape index (κ3) is 4.75. The predicted molar refractivity (Wildman–Crippen MR) is 72.2 cm³/mol. The summed E-state index contributed by atoms with van der Waals surface area (Å²) in [6.07, 6.45) is 0.544. The van der Waals surface area contributed by atoms with Crippen LogP contribution in [0.1, 0.15) is 18.9 Å². The molecular formula is C12H17BrN2O2. The zero-order chi connectivity index (χ0) is 12.8. The zero-order valence-corrected chi connectivity index (χ0v) is 11.5. The lowest BCUT2D eigenvalue weighted by Gasteiger charge is -2.14. The lowest BCUT2D eigenvalue weighted by Crippen LogP contribution is -2.36. The minimum absolute atomic E-state index is 0.0516. The Kier molecular flexibility index (Phi) is 5.44. The van der Waals surface area contributed by atoms with Crippen molar-refractivity contribution in [2.45, 2.75) is 26.3 Å². The Labute approximate surface area is 110 Å². The summed E-state index contributed by atoms with van der Waals surface area (Å²) in [7, 11) is 0. The van der Waals surface area contributed by atoms with E-state index in [9.17, 15) is 4.79 Å². The number of carbonyl (C=O) groups is 1. The summed E-state index contributed by atoms with van der Waals surface area (Å²) in [5.41, 5.74) is 1.85. The summed E-state index contributed by atoms with van der Waals surface area (Å²) in [4.78, 5) is 11.6. The van der Waals surface area contributed by atoms with Crippen LogP contribution in [0.15, 0.2) is 22.7 Å². The molecule has 0 heterocycles. The highest BCUT2D eigenvalue weighted by atomic mass is 79.9. The molecule has 0 saturated heterocycles. The molecule has 4 nitrogen and oxygen atoms in total. The van der Waals surface area contributed by atoms with Crippen LogP contribution in [-0.4, -0.2) is 23.8 Å². The molecule has 0 aliphatic rings. The number of rotatable bonds is 4. The molecule has 0 radical (unpaired) electrons. The quantitative estimate of drug-likeness (QED) is 0.800. The van der Waals surface area contributed by atoms with Crippen molar-refractivity contribution < 1.29 is 9.90 Å². The van der Waals surface area contributed by atoms with Gasteiger partial charge in [-0.05, 0) is 53.9 Å². The maximum Gasteiger partial charge on any atom is 0.319 e. The van der Waals surface area contributed by atoms with Crippen molar-refractivity contribution in [1.29, 1.82) is 0 Å². The third-order valence-electron chi connectivity index (χ3n) is 2.31. The van der Waals surface area contributed by atoms with Gasteiger partial charge in [0.05, 0.1) is 5.69 Å². The number of nitrogens with one attached hydrogen (secondary N) is 2. The van der Waals surface area contributed by atoms with E-state index in [2.05, 4.69) is 26.6 Å². The van der Waals surface area contributed by atoms with Crippen LogP contribution >= 0.6 is 15.9 Å². The van der Waals surface area contributed by atoms with Crippen LogP contribution in [0.2, 0.25) is 0 Å². The van der Waals surface area contributed by atoms with E-state index >= 15 is 0 Å². The van der Waals surface area contributed by atoms with Crippen molar-refractivity contribution in [2.24, 2.45) is 0 Å². The van der Waals surface area contributed by atoms with Crippen LogP contribution < -0.4 is 10.6 Å². The third-order valence-corrected chi connectivity index (χ3v) is 2.97. The fourth-order valence-electron chi connectivity index (χ4n) is 1.37. The highest BCUT2D eigenvalue weighted by molar-refractivity contribution is 9.10. The largest absolute Gasteiger partial charge is 0.396 e. The van der Waals surface area contributed by atoms with Gasteiger partial charge >= 0.3 is 6.03 Å². The Morgan fingerprint density at radius 2 is 2.24 bits per heavy atom. The maximum absolute atomic E-state index is 11.6. The lowest BCUT2D eigenvalue weighted by molar-refractivity contribution is 0.241. The van der Waals surface area contributed by atoms with Gasteiger partial charge in [0.1, 0.15) is 0 Å². The smallest absolute Gasteiger partial charge is 0.319 e. The molecule has 0 saturated carbocycles. The SMILES string of the molecule is Cc1ccc(NC(=O)N[C@H](C)CCO)c(Br)c1. The number of hydrogen-bond donors (Lipinski definition) is 3. The van der Waals surface area contributed by atoms with E-state index in [1.54, 1.807) is 0 Å². The molecule has 0 fully saturated rings. The van der Waals surface area contributed by atoms with Gasteiger partial charge in [0.15, 0.2) is 0 Å². The second kappa shape index (κ2) is 6.61. The standard InChI is InChI=1S/C12H17BrN2O2/c1-8-3-4-11(10(13)7-8)15-12(17)14-9(2)5-6-16/h3-4,7,9,16H,5-6H2,1-2H3,(H2,14,15,17)/t9-/m1/s1. The average Bonchev–Trinajstić information content (AvgIpc) is 2.22. The first-order valence-corrected chi connectivity index (χ1v) is 6.26. The molecule has 1 rings (SSSR count). The van der Waals surface area contributed by atoms with Crippen molar-refractivity contribution in [3.8, 4) is 0 Å². The van der Waals surface area contributed by atoms with Crippen LogP contribution in [0.4, 0.5) is 10.5 Å². The zero-order valence-electron chi connectivity index (χ0n) is 9.96. The number of aliphatic hydroxyl groups excluding tert-OH is 1. The van der Waals surface area contributed by atoms with Crippen LogP contribution in [0, 0.1) is 6.92 Å². The van der Waals surface area contributed by atoms with Crippen LogP contribution in [0.3, 0.4) is 0 Å². The van der Waals surface area contributed by atoms with E-state index in [0.29, 0.717) is 6.42 Å². The Bertz CT molecular complexity index is 396. The summed E-state index contributed by atoms with van der Waals surface area (Å²) >= 11 is 3.39. The van der Waals surface area contributed by atoms with Gasteiger partial charge in [0.2, 0.25) is 0 Å². The maximum atomic E-state index is 11.6. The Hall–Kier alpha value is -1.07. The molecule has 1 aromatic carbocycles. The summed E-state index contributed by atoms with van der Waals surface area (Å²) in [5.74, 6) is 0. The first kappa shape index (κ1) is 14.0. The Morgan fingerprint density at radius 3 is 2.82 bits per heavy atom. The van der Waals surface area contributed by atoms with E-state index in [-0.39, 0.29) is 18.7 Å². The van der Waals surface area contributed by atoms with Gasteiger partial charge in [-0.15, -0.1) is 0 Å². The first-order chi connectivity index (χ1) is 8.02. The number of halogens is 1. The molecular weight excluding hydrogens is 284 g/mol. The molecule has 1 atom stereocenters. The summed E-state index contributed by atoms with van der Waals surface area (Å²) in [6, 6.07) is 5.39. The van der Waals surface area contributed by atoms with Gasteiger partial charge in [-0.3, -0.25) is 0 Å². The lowest BCUT2D eigenvalue weighted by atomic mass is 10.2. The molecule has 5 heteroatoms. The number of anilines is 1. The number of carbonyl (C=O) groups excluding carboxylic acids is 1. The monoisotopic (exact) mass is 300 g/mol. The first-order valence-electron chi connectivity index (χ1n) is 5.47. The molecule has 2 amide bonds. The summed E-state index contributed by atoms with van der Waals surface area (Å²) < 4.78 is 0.850. The minimum atomic E-state index is -0.268. The van der Waals surface area contributed by atoms with Gasteiger partial charge in [0, 0.05) is 17.1 Å². The predicted octanol–water partition coefficient (Wildman–Crippen LogP) is 2.65. The molecule has 17 heavy (non-hydrogen) atoms. The van der Waals surface area contributed by atoms with Crippen molar-refractivity contribution in [3.05, 3.63) is 28.2 Å². The molecule has 3 N–H and O–H groups in total. The van der Waals surface area contributed by atoms with Crippen LogP contribution in [0.25, 0.3) is 0 Å². The molecule has 0 aliphatic heterocycles. The number of hydrogen-bond acceptors (Lipinski definition) is 2. The van der Waals surface area contributed by atoms with Crippen molar-refractivity contribution in [1.82, 2.24) is 5.32 Å². The van der Waals surface area contributed by atoms with E-state index in [0.717, 1.165) is 15.7 Å². The highest BCUT2D eigenvalue weighted by Crippen LogP contribution is 2.23. The van der Waals surface area contributed by atoms with Crippen molar-refractivity contribution in [3.63, 3.8) is 0 Å². The van der Waals surface area contributed by atoms with E-state index in [1.807, 2.05) is 32.0 Å². The fraction of sp³-hybridized carbons (Fsp3) is 0.417. The van der Waals surface area contributed by atoms with Gasteiger partial charge in [-0.25, -0.2) is 4.79 Å². The van der Waals surface area contributed by atoms with E-state index in [1.165, 1.54) is 0 Å².